The number of para-hydroxylation sites is 2. The van der Waals surface area contributed by atoms with Crippen molar-refractivity contribution in [3.8, 4) is 0 Å². The number of hydrogen-bond donors (Lipinski definition) is 2. The molecule has 31 heavy (non-hydrogen) atoms. The zero-order chi connectivity index (χ0) is 21.5. The predicted octanol–water partition coefficient (Wildman–Crippen LogP) is 3.18. The van der Waals surface area contributed by atoms with Crippen molar-refractivity contribution in [2.75, 3.05) is 27.3 Å². The standard InChI is InChI=1S/C22H33N7O.HI/c1-16-19(17(2)29(27-16)13-14-30-5)15-25-22(23-4)24-11-8-12-28-18(3)26-20-9-6-7-10-21(20)28;/h6-7,9-10H,8,11-15H2,1-5H3,(H2,23,24,25);1H. The largest absolute Gasteiger partial charge is 0.383 e. The Kier molecular flexibility index (Phi) is 9.76. The zero-order valence-electron chi connectivity index (χ0n) is 19.1. The molecule has 9 heteroatoms. The van der Waals surface area contributed by atoms with Crippen molar-refractivity contribution >= 4 is 41.0 Å². The third-order valence-corrected chi connectivity index (χ3v) is 5.39. The molecule has 3 aromatic rings. The average molecular weight is 539 g/mol. The lowest BCUT2D eigenvalue weighted by Gasteiger charge is -2.13. The van der Waals surface area contributed by atoms with Gasteiger partial charge in [0.2, 0.25) is 0 Å². The number of halogens is 1. The van der Waals surface area contributed by atoms with Gasteiger partial charge in [-0.3, -0.25) is 9.67 Å². The number of aliphatic imine (C=N–C) groups is 1. The number of ether oxygens (including phenoxy) is 1. The lowest BCUT2D eigenvalue weighted by atomic mass is 10.2. The van der Waals surface area contributed by atoms with E-state index in [0.717, 1.165) is 54.7 Å². The average Bonchev–Trinajstić information content (AvgIpc) is 3.21. The Labute approximate surface area is 201 Å². The Morgan fingerprint density at radius 1 is 1.13 bits per heavy atom. The van der Waals surface area contributed by atoms with Crippen LogP contribution in [0.3, 0.4) is 0 Å². The van der Waals surface area contributed by atoms with E-state index in [1.165, 1.54) is 11.1 Å². The first kappa shape index (κ1) is 25.1. The molecule has 170 valence electrons. The molecular weight excluding hydrogens is 505 g/mol. The molecule has 8 nitrogen and oxygen atoms in total. The minimum atomic E-state index is 0. The van der Waals surface area contributed by atoms with Crippen LogP contribution in [0.25, 0.3) is 11.0 Å². The number of benzene rings is 1. The number of fused-ring (bicyclic) bond motifs is 1. The van der Waals surface area contributed by atoms with E-state index in [4.69, 9.17) is 4.74 Å². The van der Waals surface area contributed by atoms with Crippen LogP contribution in [0.4, 0.5) is 0 Å². The van der Waals surface area contributed by atoms with Gasteiger partial charge in [0, 0.05) is 45.0 Å². The lowest BCUT2D eigenvalue weighted by molar-refractivity contribution is 0.182. The number of imidazole rings is 1. The molecular formula is C22H34IN7O. The van der Waals surface area contributed by atoms with Crippen LogP contribution in [0.1, 0.15) is 29.2 Å². The normalized spacial score (nSPS) is 11.6. The van der Waals surface area contributed by atoms with Gasteiger partial charge in [-0.1, -0.05) is 12.1 Å². The first-order chi connectivity index (χ1) is 14.5. The number of rotatable bonds is 9. The zero-order valence-corrected chi connectivity index (χ0v) is 21.4. The van der Waals surface area contributed by atoms with Crippen LogP contribution in [-0.4, -0.2) is 52.6 Å². The fourth-order valence-electron chi connectivity index (χ4n) is 3.70. The smallest absolute Gasteiger partial charge is 0.191 e. The first-order valence-corrected chi connectivity index (χ1v) is 10.4. The van der Waals surface area contributed by atoms with E-state index in [-0.39, 0.29) is 24.0 Å². The van der Waals surface area contributed by atoms with Gasteiger partial charge in [-0.05, 0) is 39.3 Å². The minimum Gasteiger partial charge on any atom is -0.383 e. The molecule has 0 aliphatic carbocycles. The fraction of sp³-hybridized carbons (Fsp3) is 0.500. The topological polar surface area (TPSA) is 81.3 Å². The fourth-order valence-corrected chi connectivity index (χ4v) is 3.70. The Bertz CT molecular complexity index is 1010. The molecule has 0 amide bonds. The highest BCUT2D eigenvalue weighted by Crippen LogP contribution is 2.15. The van der Waals surface area contributed by atoms with Crippen LogP contribution in [-0.2, 0) is 24.4 Å². The van der Waals surface area contributed by atoms with E-state index in [0.29, 0.717) is 13.2 Å². The number of nitrogens with one attached hydrogen (secondary N) is 2. The molecule has 0 aliphatic rings. The summed E-state index contributed by atoms with van der Waals surface area (Å²) in [6, 6.07) is 8.28. The second kappa shape index (κ2) is 12.0. The van der Waals surface area contributed by atoms with Crippen LogP contribution >= 0.6 is 24.0 Å². The van der Waals surface area contributed by atoms with Gasteiger partial charge in [-0.15, -0.1) is 24.0 Å². The minimum absolute atomic E-state index is 0. The van der Waals surface area contributed by atoms with Gasteiger partial charge < -0.3 is 19.9 Å². The lowest BCUT2D eigenvalue weighted by Crippen LogP contribution is -2.37. The molecule has 0 atom stereocenters. The Morgan fingerprint density at radius 2 is 1.90 bits per heavy atom. The molecule has 0 spiro atoms. The van der Waals surface area contributed by atoms with Gasteiger partial charge >= 0.3 is 0 Å². The molecule has 2 aromatic heterocycles. The molecule has 0 unspecified atom stereocenters. The first-order valence-electron chi connectivity index (χ1n) is 10.4. The van der Waals surface area contributed by atoms with Crippen molar-refractivity contribution in [1.82, 2.24) is 30.0 Å². The van der Waals surface area contributed by atoms with Crippen molar-refractivity contribution in [3.05, 3.63) is 47.0 Å². The highest BCUT2D eigenvalue weighted by Gasteiger charge is 2.12. The molecule has 0 radical (unpaired) electrons. The van der Waals surface area contributed by atoms with E-state index < -0.39 is 0 Å². The second-order valence-corrected chi connectivity index (χ2v) is 7.37. The molecule has 0 aliphatic heterocycles. The summed E-state index contributed by atoms with van der Waals surface area (Å²) in [5, 5.41) is 11.4. The maximum atomic E-state index is 5.17. The van der Waals surface area contributed by atoms with Crippen LogP contribution in [0.5, 0.6) is 0 Å². The summed E-state index contributed by atoms with van der Waals surface area (Å²) in [6.07, 6.45) is 0.981. The van der Waals surface area contributed by atoms with Crippen LogP contribution < -0.4 is 10.6 Å². The number of methoxy groups -OCH3 is 1. The van der Waals surface area contributed by atoms with Gasteiger partial charge in [-0.25, -0.2) is 4.98 Å². The SMILES string of the molecule is CN=C(NCCCn1c(C)nc2ccccc21)NCc1c(C)nn(CCOC)c1C.I. The molecule has 0 fully saturated rings. The summed E-state index contributed by atoms with van der Waals surface area (Å²) in [6.45, 7) is 10.1. The van der Waals surface area contributed by atoms with Gasteiger partial charge in [-0.2, -0.15) is 5.10 Å². The second-order valence-electron chi connectivity index (χ2n) is 7.37. The Hall–Kier alpha value is -2.14. The summed E-state index contributed by atoms with van der Waals surface area (Å²) in [5.74, 6) is 1.85. The summed E-state index contributed by atoms with van der Waals surface area (Å²) in [4.78, 5) is 8.98. The molecule has 1 aromatic carbocycles. The summed E-state index contributed by atoms with van der Waals surface area (Å²) in [5.41, 5.74) is 5.64. The molecule has 3 rings (SSSR count). The predicted molar refractivity (Wildman–Crippen MR) is 136 cm³/mol. The maximum absolute atomic E-state index is 5.17. The summed E-state index contributed by atoms with van der Waals surface area (Å²) in [7, 11) is 3.50. The third kappa shape index (κ3) is 6.19. The molecule has 0 bridgehead atoms. The quantitative estimate of drug-likeness (QED) is 0.189. The summed E-state index contributed by atoms with van der Waals surface area (Å²) >= 11 is 0. The van der Waals surface area contributed by atoms with Crippen molar-refractivity contribution in [3.63, 3.8) is 0 Å². The summed E-state index contributed by atoms with van der Waals surface area (Å²) < 4.78 is 9.44. The molecule has 2 heterocycles. The number of nitrogens with zero attached hydrogens (tertiary/aromatic N) is 5. The Morgan fingerprint density at radius 3 is 2.65 bits per heavy atom. The number of hydrogen-bond acceptors (Lipinski definition) is 4. The highest BCUT2D eigenvalue weighted by atomic mass is 127. The van der Waals surface area contributed by atoms with Gasteiger partial charge in [0.1, 0.15) is 5.82 Å². The third-order valence-electron chi connectivity index (χ3n) is 5.39. The van der Waals surface area contributed by atoms with E-state index in [9.17, 15) is 0 Å². The van der Waals surface area contributed by atoms with E-state index in [1.54, 1.807) is 14.2 Å². The van der Waals surface area contributed by atoms with Crippen molar-refractivity contribution in [1.29, 1.82) is 0 Å². The number of guanidine groups is 1. The molecule has 0 saturated heterocycles. The number of aromatic nitrogens is 4. The van der Waals surface area contributed by atoms with Crippen LogP contribution in [0.2, 0.25) is 0 Å². The van der Waals surface area contributed by atoms with Crippen molar-refractivity contribution in [2.24, 2.45) is 4.99 Å². The van der Waals surface area contributed by atoms with Gasteiger partial charge in [0.15, 0.2) is 5.96 Å². The van der Waals surface area contributed by atoms with Crippen molar-refractivity contribution < 1.29 is 4.74 Å². The van der Waals surface area contributed by atoms with Crippen molar-refractivity contribution in [2.45, 2.75) is 46.8 Å². The van der Waals surface area contributed by atoms with E-state index in [2.05, 4.69) is 62.3 Å². The van der Waals surface area contributed by atoms with Gasteiger partial charge in [0.25, 0.3) is 0 Å². The van der Waals surface area contributed by atoms with E-state index in [1.807, 2.05) is 17.7 Å². The monoisotopic (exact) mass is 539 g/mol. The maximum Gasteiger partial charge on any atom is 0.191 e. The van der Waals surface area contributed by atoms with Crippen LogP contribution in [0, 0.1) is 20.8 Å². The Balaban J connectivity index is 0.00000341. The van der Waals surface area contributed by atoms with Crippen LogP contribution in [0.15, 0.2) is 29.3 Å². The highest BCUT2D eigenvalue weighted by molar-refractivity contribution is 14.0. The molecule has 2 N–H and O–H groups in total. The van der Waals surface area contributed by atoms with E-state index >= 15 is 0 Å². The molecule has 0 saturated carbocycles. The number of aryl methyl sites for hydroxylation is 3. The van der Waals surface area contributed by atoms with Gasteiger partial charge in [0.05, 0.1) is 29.9 Å².